The molecule has 1 aliphatic carbocycles. The molecule has 0 aromatic carbocycles. The standard InChI is InChI=1S/C15H24N2S/c1-3-13-6-7-14(18-13)10-17-9-8-16-15(2,11-17)12-4-5-12/h6-7,12,16H,3-5,8-11H2,1-2H3. The van der Waals surface area contributed by atoms with Gasteiger partial charge in [0.05, 0.1) is 0 Å². The molecular weight excluding hydrogens is 240 g/mol. The minimum Gasteiger partial charge on any atom is -0.309 e. The molecule has 1 N–H and O–H groups in total. The van der Waals surface area contributed by atoms with Crippen LogP contribution >= 0.6 is 11.3 Å². The second kappa shape index (κ2) is 4.95. The Kier molecular flexibility index (Phi) is 3.48. The third-order valence-corrected chi connectivity index (χ3v) is 5.65. The van der Waals surface area contributed by atoms with Gasteiger partial charge in [0.2, 0.25) is 0 Å². The number of hydrogen-bond donors (Lipinski definition) is 1. The van der Waals surface area contributed by atoms with Crippen LogP contribution in [-0.4, -0.2) is 30.1 Å². The Morgan fingerprint density at radius 3 is 2.83 bits per heavy atom. The van der Waals surface area contributed by atoms with Crippen LogP contribution in [0, 0.1) is 5.92 Å². The normalized spacial score (nSPS) is 29.7. The molecule has 1 saturated heterocycles. The average Bonchev–Trinajstić information content (AvgIpc) is 3.12. The van der Waals surface area contributed by atoms with Crippen molar-refractivity contribution in [2.24, 2.45) is 5.92 Å². The van der Waals surface area contributed by atoms with Crippen LogP contribution in [0.1, 0.15) is 36.4 Å². The molecule has 0 spiro atoms. The topological polar surface area (TPSA) is 15.3 Å². The Bertz CT molecular complexity index is 410. The highest BCUT2D eigenvalue weighted by Crippen LogP contribution is 2.41. The minimum atomic E-state index is 0.378. The first-order valence-corrected chi connectivity index (χ1v) is 8.06. The van der Waals surface area contributed by atoms with Gasteiger partial charge in [0.1, 0.15) is 0 Å². The Morgan fingerprint density at radius 1 is 1.39 bits per heavy atom. The van der Waals surface area contributed by atoms with Gasteiger partial charge in [0.25, 0.3) is 0 Å². The van der Waals surface area contributed by atoms with Crippen molar-refractivity contribution >= 4 is 11.3 Å². The number of nitrogens with zero attached hydrogens (tertiary/aromatic N) is 1. The number of aryl methyl sites for hydroxylation is 1. The summed E-state index contributed by atoms with van der Waals surface area (Å²) in [4.78, 5) is 5.69. The van der Waals surface area contributed by atoms with E-state index in [1.165, 1.54) is 42.1 Å². The van der Waals surface area contributed by atoms with Gasteiger partial charge in [-0.15, -0.1) is 11.3 Å². The van der Waals surface area contributed by atoms with E-state index < -0.39 is 0 Å². The largest absolute Gasteiger partial charge is 0.309 e. The lowest BCUT2D eigenvalue weighted by Crippen LogP contribution is -2.59. The highest BCUT2D eigenvalue weighted by atomic mass is 32.1. The number of piperazine rings is 1. The van der Waals surface area contributed by atoms with Gasteiger partial charge < -0.3 is 5.32 Å². The van der Waals surface area contributed by atoms with E-state index in [9.17, 15) is 0 Å². The van der Waals surface area contributed by atoms with Crippen molar-refractivity contribution in [3.63, 3.8) is 0 Å². The summed E-state index contributed by atoms with van der Waals surface area (Å²) >= 11 is 1.99. The molecule has 100 valence electrons. The monoisotopic (exact) mass is 264 g/mol. The predicted octanol–water partition coefficient (Wildman–Crippen LogP) is 2.88. The molecule has 0 amide bonds. The number of rotatable bonds is 4. The van der Waals surface area contributed by atoms with Crippen molar-refractivity contribution in [1.82, 2.24) is 10.2 Å². The van der Waals surface area contributed by atoms with E-state index in [4.69, 9.17) is 0 Å². The Hall–Kier alpha value is -0.380. The first-order chi connectivity index (χ1) is 8.69. The molecule has 2 fully saturated rings. The average molecular weight is 264 g/mol. The van der Waals surface area contributed by atoms with Crippen molar-refractivity contribution in [3.05, 3.63) is 21.9 Å². The van der Waals surface area contributed by atoms with Crippen LogP contribution in [0.3, 0.4) is 0 Å². The molecular formula is C15H24N2S. The molecule has 1 saturated carbocycles. The number of hydrogen-bond acceptors (Lipinski definition) is 3. The summed E-state index contributed by atoms with van der Waals surface area (Å²) in [5.41, 5.74) is 0.378. The van der Waals surface area contributed by atoms with Gasteiger partial charge >= 0.3 is 0 Å². The summed E-state index contributed by atoms with van der Waals surface area (Å²) in [5, 5.41) is 3.75. The van der Waals surface area contributed by atoms with Gasteiger partial charge in [-0.3, -0.25) is 4.90 Å². The lowest BCUT2D eigenvalue weighted by molar-refractivity contribution is 0.122. The second-order valence-corrected chi connectivity index (χ2v) is 7.30. The van der Waals surface area contributed by atoms with Crippen molar-refractivity contribution in [1.29, 1.82) is 0 Å². The maximum atomic E-state index is 3.75. The molecule has 3 rings (SSSR count). The predicted molar refractivity (Wildman–Crippen MR) is 78.1 cm³/mol. The highest BCUT2D eigenvalue weighted by Gasteiger charge is 2.43. The summed E-state index contributed by atoms with van der Waals surface area (Å²) in [6, 6.07) is 4.61. The molecule has 2 nitrogen and oxygen atoms in total. The zero-order valence-corrected chi connectivity index (χ0v) is 12.4. The molecule has 1 unspecified atom stereocenters. The van der Waals surface area contributed by atoms with E-state index in [2.05, 4.69) is 36.2 Å². The molecule has 1 aliphatic heterocycles. The van der Waals surface area contributed by atoms with Crippen molar-refractivity contribution in [3.8, 4) is 0 Å². The summed E-state index contributed by atoms with van der Waals surface area (Å²) < 4.78 is 0. The lowest BCUT2D eigenvalue weighted by Gasteiger charge is -2.42. The van der Waals surface area contributed by atoms with Crippen LogP contribution in [0.5, 0.6) is 0 Å². The summed E-state index contributed by atoms with van der Waals surface area (Å²) in [7, 11) is 0. The van der Waals surface area contributed by atoms with E-state index in [-0.39, 0.29) is 0 Å². The number of thiophene rings is 1. The molecule has 2 heterocycles. The third kappa shape index (κ3) is 2.63. The first kappa shape index (κ1) is 12.6. The molecule has 3 heteroatoms. The van der Waals surface area contributed by atoms with Gasteiger partial charge in [0.15, 0.2) is 0 Å². The molecule has 1 atom stereocenters. The SMILES string of the molecule is CCc1ccc(CN2CCNC(C)(C3CC3)C2)s1. The second-order valence-electron chi connectivity index (χ2n) is 6.05. The van der Waals surface area contributed by atoms with Crippen LogP contribution in [0.2, 0.25) is 0 Å². The summed E-state index contributed by atoms with van der Waals surface area (Å²) in [5.74, 6) is 0.926. The van der Waals surface area contributed by atoms with Crippen molar-refractivity contribution < 1.29 is 0 Å². The lowest BCUT2D eigenvalue weighted by atomic mass is 9.93. The first-order valence-electron chi connectivity index (χ1n) is 7.24. The number of nitrogens with one attached hydrogen (secondary N) is 1. The maximum absolute atomic E-state index is 3.75. The van der Waals surface area contributed by atoms with Crippen LogP contribution in [0.15, 0.2) is 12.1 Å². The van der Waals surface area contributed by atoms with Gasteiger partial charge in [-0.2, -0.15) is 0 Å². The third-order valence-electron chi connectivity index (χ3n) is 4.43. The smallest absolute Gasteiger partial charge is 0.0329 e. The van der Waals surface area contributed by atoms with E-state index in [0.717, 1.165) is 19.0 Å². The Morgan fingerprint density at radius 2 is 2.17 bits per heavy atom. The zero-order chi connectivity index (χ0) is 12.6. The van der Waals surface area contributed by atoms with Crippen LogP contribution in [0.25, 0.3) is 0 Å². The molecule has 2 aliphatic rings. The fraction of sp³-hybridized carbons (Fsp3) is 0.733. The van der Waals surface area contributed by atoms with E-state index >= 15 is 0 Å². The Balaban J connectivity index is 1.62. The molecule has 0 bridgehead atoms. The quantitative estimate of drug-likeness (QED) is 0.899. The minimum absolute atomic E-state index is 0.378. The van der Waals surface area contributed by atoms with Gasteiger partial charge in [0, 0.05) is 41.5 Å². The van der Waals surface area contributed by atoms with E-state index in [1.807, 2.05) is 11.3 Å². The fourth-order valence-electron chi connectivity index (χ4n) is 3.15. The summed E-state index contributed by atoms with van der Waals surface area (Å²) in [6.07, 6.45) is 4.03. The highest BCUT2D eigenvalue weighted by molar-refractivity contribution is 7.11. The van der Waals surface area contributed by atoms with Gasteiger partial charge in [-0.1, -0.05) is 6.92 Å². The fourth-order valence-corrected chi connectivity index (χ4v) is 4.15. The molecule has 18 heavy (non-hydrogen) atoms. The van der Waals surface area contributed by atoms with Gasteiger partial charge in [-0.05, 0) is 44.2 Å². The molecule has 1 aromatic rings. The zero-order valence-electron chi connectivity index (χ0n) is 11.5. The summed E-state index contributed by atoms with van der Waals surface area (Å²) in [6.45, 7) is 9.37. The van der Waals surface area contributed by atoms with E-state index in [0.29, 0.717) is 5.54 Å². The molecule has 1 aromatic heterocycles. The maximum Gasteiger partial charge on any atom is 0.0329 e. The van der Waals surface area contributed by atoms with Crippen LogP contribution in [0.4, 0.5) is 0 Å². The Labute approximate surface area is 114 Å². The van der Waals surface area contributed by atoms with Crippen molar-refractivity contribution in [2.75, 3.05) is 19.6 Å². The van der Waals surface area contributed by atoms with E-state index in [1.54, 1.807) is 0 Å². The van der Waals surface area contributed by atoms with Crippen molar-refractivity contribution in [2.45, 2.75) is 45.2 Å². The van der Waals surface area contributed by atoms with Crippen LogP contribution in [-0.2, 0) is 13.0 Å². The van der Waals surface area contributed by atoms with Gasteiger partial charge in [-0.25, -0.2) is 0 Å². The van der Waals surface area contributed by atoms with Crippen LogP contribution < -0.4 is 5.32 Å². The molecule has 0 radical (unpaired) electrons.